The number of fused-ring (bicyclic) bond motifs is 1. The Hall–Kier alpha value is -4.07. The van der Waals surface area contributed by atoms with E-state index in [-0.39, 0.29) is 20.2 Å². The number of carbonyl (C=O) groups excluding carboxylic acids is 2. The van der Waals surface area contributed by atoms with Crippen molar-refractivity contribution in [3.63, 3.8) is 0 Å². The van der Waals surface area contributed by atoms with Crippen LogP contribution in [0.4, 0.5) is 20.6 Å². The third-order valence-corrected chi connectivity index (χ3v) is 7.26. The maximum absolute atomic E-state index is 13.8. The van der Waals surface area contributed by atoms with Crippen molar-refractivity contribution in [3.8, 4) is 5.69 Å². The molecule has 2 aromatic carbocycles. The second kappa shape index (κ2) is 8.70. The molecule has 2 heterocycles. The molecule has 0 saturated heterocycles. The molecule has 13 heteroatoms. The summed E-state index contributed by atoms with van der Waals surface area (Å²) in [5.41, 5.74) is 5.82. The number of nitrogens with zero attached hydrogens (tertiary/aromatic N) is 1. The lowest BCUT2D eigenvalue weighted by molar-refractivity contribution is 0.0971. The van der Waals surface area contributed by atoms with E-state index in [0.717, 1.165) is 6.07 Å². The number of anilines is 2. The first kappa shape index (κ1) is 23.1. The van der Waals surface area contributed by atoms with Gasteiger partial charge in [-0.2, -0.15) is 0 Å². The van der Waals surface area contributed by atoms with Crippen LogP contribution < -0.4 is 27.1 Å². The van der Waals surface area contributed by atoms with Gasteiger partial charge in [0.05, 0.1) is 16.0 Å². The number of halogens is 1. The molecule has 4 rings (SSSR count). The fourth-order valence-corrected chi connectivity index (χ4v) is 4.74. The molecule has 0 aliphatic heterocycles. The molecule has 6 N–H and O–H groups in total. The Morgan fingerprint density at radius 1 is 1.03 bits per heavy atom. The van der Waals surface area contributed by atoms with Crippen molar-refractivity contribution in [1.29, 1.82) is 0 Å². The van der Waals surface area contributed by atoms with Gasteiger partial charge in [0.15, 0.2) is 0 Å². The van der Waals surface area contributed by atoms with Crippen molar-refractivity contribution in [3.05, 3.63) is 81.8 Å². The van der Waals surface area contributed by atoms with Gasteiger partial charge in [0.1, 0.15) is 10.0 Å². The number of pyridine rings is 1. The zero-order valence-electron chi connectivity index (χ0n) is 17.1. The van der Waals surface area contributed by atoms with Crippen LogP contribution in [-0.4, -0.2) is 24.9 Å². The number of amides is 3. The normalized spacial score (nSPS) is 11.4. The predicted molar refractivity (Wildman–Crippen MR) is 126 cm³/mol. The van der Waals surface area contributed by atoms with Crippen LogP contribution in [0.2, 0.25) is 0 Å². The molecule has 3 amide bonds. The van der Waals surface area contributed by atoms with E-state index in [1.807, 2.05) is 0 Å². The SMILES string of the molecule is Nc1cc2ccn(-c3ccc(NC(=O)NC(=O)c4ccc(S(N)(=O)=O)s4)cc3)c(=O)c2cc1F. The Morgan fingerprint density at radius 3 is 2.38 bits per heavy atom. The van der Waals surface area contributed by atoms with Gasteiger partial charge in [-0.15, -0.1) is 11.3 Å². The predicted octanol–water partition coefficient (Wildman–Crippen LogP) is 2.38. The summed E-state index contributed by atoms with van der Waals surface area (Å²) in [4.78, 5) is 37.0. The largest absolute Gasteiger partial charge is 0.396 e. The van der Waals surface area contributed by atoms with Crippen LogP contribution in [0, 0.1) is 5.82 Å². The van der Waals surface area contributed by atoms with E-state index in [2.05, 4.69) is 10.6 Å². The number of nitrogens with two attached hydrogens (primary N) is 2. The highest BCUT2D eigenvalue weighted by atomic mass is 32.2. The molecule has 174 valence electrons. The quantitative estimate of drug-likeness (QED) is 0.313. The lowest BCUT2D eigenvalue weighted by atomic mass is 10.1. The smallest absolute Gasteiger partial charge is 0.326 e. The highest BCUT2D eigenvalue weighted by molar-refractivity contribution is 7.91. The van der Waals surface area contributed by atoms with Crippen molar-refractivity contribution in [2.75, 3.05) is 11.1 Å². The first-order valence-corrected chi connectivity index (χ1v) is 11.8. The number of hydrogen-bond acceptors (Lipinski definition) is 7. The van der Waals surface area contributed by atoms with E-state index in [1.54, 1.807) is 18.2 Å². The van der Waals surface area contributed by atoms with Crippen molar-refractivity contribution in [2.45, 2.75) is 4.21 Å². The van der Waals surface area contributed by atoms with Crippen LogP contribution in [0.15, 0.2) is 69.8 Å². The fraction of sp³-hybridized carbons (Fsp3) is 0. The van der Waals surface area contributed by atoms with Gasteiger partial charge < -0.3 is 11.1 Å². The lowest BCUT2D eigenvalue weighted by Crippen LogP contribution is -2.33. The van der Waals surface area contributed by atoms with Gasteiger partial charge in [-0.3, -0.25) is 19.5 Å². The zero-order chi connectivity index (χ0) is 24.6. The van der Waals surface area contributed by atoms with Gasteiger partial charge in [-0.1, -0.05) is 0 Å². The highest BCUT2D eigenvalue weighted by Gasteiger charge is 2.17. The molecule has 0 aliphatic rings. The van der Waals surface area contributed by atoms with Gasteiger partial charge in [0.25, 0.3) is 11.5 Å². The van der Waals surface area contributed by atoms with Crippen LogP contribution in [0.3, 0.4) is 0 Å². The van der Waals surface area contributed by atoms with Crippen molar-refractivity contribution >= 4 is 55.4 Å². The molecule has 34 heavy (non-hydrogen) atoms. The summed E-state index contributed by atoms with van der Waals surface area (Å²) in [6.07, 6.45) is 1.52. The lowest BCUT2D eigenvalue weighted by Gasteiger charge is -2.10. The highest BCUT2D eigenvalue weighted by Crippen LogP contribution is 2.21. The number of urea groups is 1. The molecule has 0 radical (unpaired) electrons. The summed E-state index contributed by atoms with van der Waals surface area (Å²) in [5.74, 6) is -1.49. The Bertz CT molecular complexity index is 1610. The Morgan fingerprint density at radius 2 is 1.74 bits per heavy atom. The van der Waals surface area contributed by atoms with E-state index in [0.29, 0.717) is 28.1 Å². The minimum atomic E-state index is -3.95. The molecule has 0 unspecified atom stereocenters. The average molecular weight is 502 g/mol. The first-order valence-electron chi connectivity index (χ1n) is 9.49. The molecule has 10 nitrogen and oxygen atoms in total. The van der Waals surface area contributed by atoms with Crippen LogP contribution in [0.25, 0.3) is 16.5 Å². The third kappa shape index (κ3) is 4.66. The molecule has 0 atom stereocenters. The Labute approximate surface area is 195 Å². The van der Waals surface area contributed by atoms with Gasteiger partial charge in [0.2, 0.25) is 10.0 Å². The monoisotopic (exact) mass is 501 g/mol. The molecule has 0 spiro atoms. The average Bonchev–Trinajstić information content (AvgIpc) is 3.27. The third-order valence-electron chi connectivity index (χ3n) is 4.74. The molecule has 0 aliphatic carbocycles. The van der Waals surface area contributed by atoms with Crippen LogP contribution in [-0.2, 0) is 10.0 Å². The number of primary sulfonamides is 1. The van der Waals surface area contributed by atoms with E-state index < -0.39 is 33.3 Å². The summed E-state index contributed by atoms with van der Waals surface area (Å²) in [7, 11) is -3.95. The zero-order valence-corrected chi connectivity index (χ0v) is 18.7. The summed E-state index contributed by atoms with van der Waals surface area (Å²) in [5, 5.41) is 10.2. The molecule has 2 aromatic heterocycles. The number of nitrogen functional groups attached to an aromatic ring is 1. The van der Waals surface area contributed by atoms with Crippen LogP contribution in [0.1, 0.15) is 9.67 Å². The number of aromatic nitrogens is 1. The summed E-state index contributed by atoms with van der Waals surface area (Å²) >= 11 is 0.632. The van der Waals surface area contributed by atoms with Crippen molar-refractivity contribution in [1.82, 2.24) is 9.88 Å². The maximum Gasteiger partial charge on any atom is 0.326 e. The van der Waals surface area contributed by atoms with Crippen LogP contribution >= 0.6 is 11.3 Å². The number of imide groups is 1. The van der Waals surface area contributed by atoms with Gasteiger partial charge >= 0.3 is 6.03 Å². The summed E-state index contributed by atoms with van der Waals surface area (Å²) in [6.45, 7) is 0. The Balaban J connectivity index is 1.48. The second-order valence-electron chi connectivity index (χ2n) is 7.07. The number of hydrogen-bond donors (Lipinski definition) is 4. The molecule has 4 aromatic rings. The second-order valence-corrected chi connectivity index (χ2v) is 9.94. The van der Waals surface area contributed by atoms with E-state index >= 15 is 0 Å². The first-order chi connectivity index (χ1) is 16.0. The number of nitrogens with one attached hydrogen (secondary N) is 2. The van der Waals surface area contributed by atoms with E-state index in [9.17, 15) is 27.2 Å². The van der Waals surface area contributed by atoms with Crippen LogP contribution in [0.5, 0.6) is 0 Å². The summed E-state index contributed by atoms with van der Waals surface area (Å²) < 4.78 is 37.5. The number of sulfonamides is 1. The number of carbonyl (C=O) groups is 2. The number of rotatable bonds is 4. The van der Waals surface area contributed by atoms with Gasteiger partial charge in [-0.25, -0.2) is 22.7 Å². The topological polar surface area (TPSA) is 166 Å². The standard InChI is InChI=1S/C21H16FN5O5S2/c22-15-10-14-11(9-16(15)23)7-8-27(20(14)29)13-3-1-12(2-4-13)25-21(30)26-19(28)17-5-6-18(33-17)34(24,31)32/h1-10H,23H2,(H2,24,31,32)(H2,25,26,28,30). The number of thiophene rings is 1. The molecular formula is C21H16FN5O5S2. The van der Waals surface area contributed by atoms with Gasteiger partial charge in [0, 0.05) is 17.6 Å². The maximum atomic E-state index is 13.8. The number of benzene rings is 2. The molecular weight excluding hydrogens is 485 g/mol. The van der Waals surface area contributed by atoms with Crippen molar-refractivity contribution < 1.29 is 22.4 Å². The molecule has 0 saturated carbocycles. The molecule has 0 fully saturated rings. The minimum Gasteiger partial charge on any atom is -0.396 e. The summed E-state index contributed by atoms with van der Waals surface area (Å²) in [6, 6.07) is 11.8. The minimum absolute atomic E-state index is 0.0107. The van der Waals surface area contributed by atoms with E-state index in [4.69, 9.17) is 10.9 Å². The molecule has 0 bridgehead atoms. The van der Waals surface area contributed by atoms with E-state index in [1.165, 1.54) is 41.1 Å². The Kier molecular flexibility index (Phi) is 5.91. The van der Waals surface area contributed by atoms with Crippen molar-refractivity contribution in [2.24, 2.45) is 5.14 Å². The fourth-order valence-electron chi connectivity index (χ4n) is 3.11. The van der Waals surface area contributed by atoms with Gasteiger partial charge in [-0.05, 0) is 60.0 Å².